The highest BCUT2D eigenvalue weighted by atomic mass is 35.5. The third-order valence-electron chi connectivity index (χ3n) is 7.14. The van der Waals surface area contributed by atoms with E-state index in [2.05, 4.69) is 30.8 Å². The molecule has 11 nitrogen and oxygen atoms in total. The van der Waals surface area contributed by atoms with Crippen molar-refractivity contribution >= 4 is 35.0 Å². The average molecular weight is 589 g/mol. The Morgan fingerprint density at radius 1 is 1.00 bits per heavy atom. The summed E-state index contributed by atoms with van der Waals surface area (Å²) in [5.41, 5.74) is 3.38. The summed E-state index contributed by atoms with van der Waals surface area (Å²) in [6.45, 7) is 9.56. The zero-order valence-corrected chi connectivity index (χ0v) is 24.9. The molecule has 4 aliphatic heterocycles. The Kier molecular flexibility index (Phi) is 7.36. The number of hydrogen-bond acceptors (Lipinski definition) is 9. The van der Waals surface area contributed by atoms with E-state index in [1.165, 1.54) is 0 Å². The predicted octanol–water partition coefficient (Wildman–Crippen LogP) is 4.82. The molecule has 218 valence electrons. The van der Waals surface area contributed by atoms with Crippen molar-refractivity contribution in [1.29, 1.82) is 0 Å². The number of hydrogen-bond donors (Lipinski definition) is 1. The lowest BCUT2D eigenvalue weighted by molar-refractivity contribution is 0.0240. The minimum absolute atomic E-state index is 0.294. The number of methoxy groups -OCH3 is 1. The third-order valence-corrected chi connectivity index (χ3v) is 7.39. The monoisotopic (exact) mass is 588 g/mol. The summed E-state index contributed by atoms with van der Waals surface area (Å²) in [4.78, 5) is 35.0. The van der Waals surface area contributed by atoms with Crippen LogP contribution in [0.2, 0.25) is 5.02 Å². The first-order chi connectivity index (χ1) is 20.2. The van der Waals surface area contributed by atoms with E-state index in [9.17, 15) is 4.79 Å². The fourth-order valence-corrected chi connectivity index (χ4v) is 5.28. The number of ether oxygens (including phenoxy) is 2. The molecule has 1 amide bonds. The van der Waals surface area contributed by atoms with Gasteiger partial charge in [-0.3, -0.25) is 0 Å². The van der Waals surface area contributed by atoms with Gasteiger partial charge < -0.3 is 29.2 Å². The molecule has 42 heavy (non-hydrogen) atoms. The highest BCUT2D eigenvalue weighted by molar-refractivity contribution is 6.30. The number of carbonyl (C=O) groups excluding carboxylic acids is 1. The highest BCUT2D eigenvalue weighted by Gasteiger charge is 2.27. The molecule has 1 saturated heterocycles. The molecule has 6 rings (SSSR count). The lowest BCUT2D eigenvalue weighted by atomic mass is 10.0. The zero-order valence-electron chi connectivity index (χ0n) is 24.1. The van der Waals surface area contributed by atoms with Crippen LogP contribution in [0.4, 0.5) is 22.1 Å². The van der Waals surface area contributed by atoms with Gasteiger partial charge in [0, 0.05) is 61.6 Å². The topological polar surface area (TPSA) is 110 Å². The molecule has 4 aliphatic rings. The summed E-state index contributed by atoms with van der Waals surface area (Å²) in [7, 11) is 1.57. The first-order valence-corrected chi connectivity index (χ1v) is 14.3. The van der Waals surface area contributed by atoms with Gasteiger partial charge in [-0.15, -0.1) is 0 Å². The van der Waals surface area contributed by atoms with Crippen LogP contribution in [0, 0.1) is 0 Å². The highest BCUT2D eigenvalue weighted by Crippen LogP contribution is 2.37. The van der Waals surface area contributed by atoms with E-state index in [0.717, 1.165) is 47.2 Å². The largest absolute Gasteiger partial charge is 0.479 e. The van der Waals surface area contributed by atoms with Crippen LogP contribution in [-0.2, 0) is 11.3 Å². The molecule has 0 radical (unpaired) electrons. The van der Waals surface area contributed by atoms with E-state index in [-0.39, 0.29) is 6.09 Å². The number of halogens is 1. The third kappa shape index (κ3) is 5.69. The maximum absolute atomic E-state index is 12.4. The molecule has 0 saturated carbocycles. The van der Waals surface area contributed by atoms with Gasteiger partial charge in [0.2, 0.25) is 5.88 Å². The summed E-state index contributed by atoms with van der Waals surface area (Å²) >= 11 is 6.11. The molecule has 0 unspecified atom stereocenters. The number of fused-ring (bicyclic) bond motifs is 3. The van der Waals surface area contributed by atoms with Crippen molar-refractivity contribution in [3.63, 3.8) is 0 Å². The van der Waals surface area contributed by atoms with E-state index in [0.29, 0.717) is 48.4 Å². The van der Waals surface area contributed by atoms with Gasteiger partial charge in [-0.05, 0) is 56.7 Å². The van der Waals surface area contributed by atoms with Crippen LogP contribution in [-0.4, -0.2) is 75.9 Å². The number of benzene rings is 1. The molecule has 0 atom stereocenters. The molecule has 1 aromatic carbocycles. The maximum Gasteiger partial charge on any atom is 0.410 e. The summed E-state index contributed by atoms with van der Waals surface area (Å²) in [6.07, 6.45) is 1.50. The van der Waals surface area contributed by atoms with E-state index in [4.69, 9.17) is 31.0 Å². The lowest BCUT2D eigenvalue weighted by Gasteiger charge is -2.36. The average Bonchev–Trinajstić information content (AvgIpc) is 3.47. The summed E-state index contributed by atoms with van der Waals surface area (Å²) in [6, 6.07) is 13.7. The van der Waals surface area contributed by atoms with Gasteiger partial charge in [0.15, 0.2) is 0 Å². The molecule has 5 heterocycles. The number of aromatic nitrogens is 4. The summed E-state index contributed by atoms with van der Waals surface area (Å²) < 4.78 is 13.3. The SMILES string of the molecule is COc1nc(N2CCN(C(=O)OC(C)(C)C)CC2)ccc1N=c1ncc2cc(-c3ccc(Cl)cc3)c3n(c-2n1)CCN3. The molecule has 1 aromatic heterocycles. The Balaban J connectivity index is 1.26. The number of amides is 1. The van der Waals surface area contributed by atoms with Crippen LogP contribution in [0.25, 0.3) is 22.5 Å². The molecular formula is C30H33ClN8O3. The Labute approximate surface area is 249 Å². The number of piperazine rings is 1. The quantitative estimate of drug-likeness (QED) is 0.361. The Bertz CT molecular complexity index is 1660. The van der Waals surface area contributed by atoms with E-state index in [1.807, 2.05) is 57.2 Å². The van der Waals surface area contributed by atoms with Gasteiger partial charge in [-0.2, -0.15) is 9.97 Å². The second-order valence-electron chi connectivity index (χ2n) is 11.2. The molecule has 0 spiro atoms. The van der Waals surface area contributed by atoms with Gasteiger partial charge in [0.05, 0.1) is 7.11 Å². The minimum Gasteiger partial charge on any atom is -0.479 e. The Hall–Kier alpha value is -4.38. The normalized spacial score (nSPS) is 15.5. The maximum atomic E-state index is 12.4. The lowest BCUT2D eigenvalue weighted by Crippen LogP contribution is -2.50. The first-order valence-electron chi connectivity index (χ1n) is 13.9. The van der Waals surface area contributed by atoms with Crippen LogP contribution >= 0.6 is 11.6 Å². The fraction of sp³-hybridized carbons (Fsp3) is 0.367. The van der Waals surface area contributed by atoms with Crippen molar-refractivity contribution in [2.75, 3.05) is 50.1 Å². The molecule has 12 heteroatoms. The molecule has 1 fully saturated rings. The zero-order chi connectivity index (χ0) is 29.4. The van der Waals surface area contributed by atoms with Crippen LogP contribution < -0.4 is 20.6 Å². The summed E-state index contributed by atoms with van der Waals surface area (Å²) in [5.74, 6) is 2.93. The van der Waals surface area contributed by atoms with Crippen LogP contribution in [0.5, 0.6) is 5.88 Å². The second-order valence-corrected chi connectivity index (χ2v) is 11.6. The van der Waals surface area contributed by atoms with Crippen molar-refractivity contribution in [3.05, 3.63) is 59.3 Å². The van der Waals surface area contributed by atoms with Crippen molar-refractivity contribution < 1.29 is 14.3 Å². The van der Waals surface area contributed by atoms with Crippen molar-refractivity contribution in [2.45, 2.75) is 32.9 Å². The first kappa shape index (κ1) is 27.8. The molecule has 2 aromatic rings. The molecule has 1 N–H and O–H groups in total. The van der Waals surface area contributed by atoms with Gasteiger partial charge in [0.1, 0.15) is 28.7 Å². The van der Waals surface area contributed by atoms with Gasteiger partial charge in [0.25, 0.3) is 5.62 Å². The number of nitrogens with zero attached hydrogens (tertiary/aromatic N) is 7. The van der Waals surface area contributed by atoms with Crippen LogP contribution in [0.1, 0.15) is 20.8 Å². The number of anilines is 2. The van der Waals surface area contributed by atoms with Crippen LogP contribution in [0.15, 0.2) is 53.7 Å². The van der Waals surface area contributed by atoms with Crippen LogP contribution in [0.3, 0.4) is 0 Å². The number of pyridine rings is 2. The van der Waals surface area contributed by atoms with E-state index in [1.54, 1.807) is 18.2 Å². The van der Waals surface area contributed by atoms with Crippen molar-refractivity contribution in [1.82, 2.24) is 24.4 Å². The second kappa shape index (κ2) is 11.1. The number of carbonyl (C=O) groups is 1. The molecule has 0 bridgehead atoms. The van der Waals surface area contributed by atoms with Crippen molar-refractivity contribution in [3.8, 4) is 28.4 Å². The van der Waals surface area contributed by atoms with Gasteiger partial charge in [-0.25, -0.2) is 14.8 Å². The number of nitrogens with one attached hydrogen (secondary N) is 1. The number of rotatable bonds is 4. The minimum atomic E-state index is -0.521. The van der Waals surface area contributed by atoms with E-state index < -0.39 is 5.60 Å². The predicted molar refractivity (Wildman–Crippen MR) is 162 cm³/mol. The van der Waals surface area contributed by atoms with Gasteiger partial charge >= 0.3 is 6.09 Å². The smallest absolute Gasteiger partial charge is 0.410 e. The summed E-state index contributed by atoms with van der Waals surface area (Å²) in [5, 5.41) is 4.19. The fourth-order valence-electron chi connectivity index (χ4n) is 5.15. The standard InChI is InChI=1S/C30H33ClN8O3/c1-30(2,3)42-29(40)38-15-13-37(14-16-38)24-10-9-23(27(35-24)41-4)34-28-33-18-20-17-22(19-5-7-21(31)8-6-19)26-32-11-12-39(26)25(20)36-28/h5-10,17-18,32H,11-16H2,1-4H3. The molecular weight excluding hydrogens is 556 g/mol. The van der Waals surface area contributed by atoms with Gasteiger partial charge in [-0.1, -0.05) is 23.7 Å². The molecule has 0 aliphatic carbocycles. The Morgan fingerprint density at radius 2 is 1.76 bits per heavy atom. The Morgan fingerprint density at radius 3 is 2.48 bits per heavy atom. The van der Waals surface area contributed by atoms with E-state index >= 15 is 0 Å². The van der Waals surface area contributed by atoms with Crippen molar-refractivity contribution in [2.24, 2.45) is 4.99 Å².